The molecule has 1 amide bonds. The summed E-state index contributed by atoms with van der Waals surface area (Å²) < 4.78 is 11.2. The first-order chi connectivity index (χ1) is 8.62. The molecule has 0 aromatic heterocycles. The van der Waals surface area contributed by atoms with Gasteiger partial charge in [-0.15, -0.1) is 0 Å². The lowest BCUT2D eigenvalue weighted by Crippen LogP contribution is -2.48. The Morgan fingerprint density at radius 1 is 1.28 bits per heavy atom. The van der Waals surface area contributed by atoms with E-state index in [-0.39, 0.29) is 11.4 Å². The van der Waals surface area contributed by atoms with Crippen LogP contribution in [-0.2, 0) is 15.6 Å². The highest BCUT2D eigenvalue weighted by atomic mass is 32.2. The van der Waals surface area contributed by atoms with Crippen LogP contribution in [-0.4, -0.2) is 40.8 Å². The molecule has 0 aromatic rings. The van der Waals surface area contributed by atoms with E-state index in [4.69, 9.17) is 0 Å². The molecule has 1 unspecified atom stereocenters. The molecule has 106 valence electrons. The molecule has 0 heterocycles. The van der Waals surface area contributed by atoms with Crippen LogP contribution in [0.25, 0.3) is 0 Å². The van der Waals surface area contributed by atoms with Crippen LogP contribution in [0.4, 0.5) is 0 Å². The van der Waals surface area contributed by atoms with Gasteiger partial charge in [0, 0.05) is 40.8 Å². The number of carbonyl (C=O) groups is 1. The summed E-state index contributed by atoms with van der Waals surface area (Å²) in [4.78, 5) is 11.9. The van der Waals surface area contributed by atoms with Crippen LogP contribution in [0, 0.1) is 0 Å². The highest BCUT2D eigenvalue weighted by molar-refractivity contribution is 7.84. The van der Waals surface area contributed by atoms with Gasteiger partial charge >= 0.3 is 0 Å². The van der Waals surface area contributed by atoms with Crippen LogP contribution in [0.2, 0.25) is 0 Å². The summed E-state index contributed by atoms with van der Waals surface area (Å²) in [7, 11) is 1.16. The fourth-order valence-electron chi connectivity index (χ4n) is 2.56. The maximum atomic E-state index is 11.9. The zero-order valence-electron chi connectivity index (χ0n) is 11.6. The average molecular weight is 274 g/mol. The summed E-state index contributed by atoms with van der Waals surface area (Å²) in [6, 6.07) is 0. The topological polar surface area (TPSA) is 58.2 Å². The number of amides is 1. The van der Waals surface area contributed by atoms with E-state index >= 15 is 0 Å². The van der Waals surface area contributed by atoms with Gasteiger partial charge in [-0.1, -0.05) is 26.2 Å². The van der Waals surface area contributed by atoms with Crippen molar-refractivity contribution in [3.63, 3.8) is 0 Å². The lowest BCUT2D eigenvalue weighted by molar-refractivity contribution is -0.122. The fraction of sp³-hybridized carbons (Fsp3) is 0.923. The molecule has 5 heteroatoms. The van der Waals surface area contributed by atoms with Crippen LogP contribution in [0.5, 0.6) is 0 Å². The standard InChI is InChI=1S/C13H26N2O2S/c1-3-18(17)10-9-15-12(16)11-13(14-2)7-5-4-6-8-13/h14H,3-11H2,1-2H3,(H,15,16). The van der Waals surface area contributed by atoms with Crippen molar-refractivity contribution in [2.24, 2.45) is 0 Å². The Kier molecular flexibility index (Phi) is 6.86. The molecule has 0 spiro atoms. The lowest BCUT2D eigenvalue weighted by Gasteiger charge is -2.36. The SMILES string of the molecule is CCS(=O)CCNC(=O)CC1(NC)CCCCC1. The Balaban J connectivity index is 2.31. The van der Waals surface area contributed by atoms with E-state index in [2.05, 4.69) is 10.6 Å². The Bertz CT molecular complexity index is 289. The molecule has 1 atom stereocenters. The summed E-state index contributed by atoms with van der Waals surface area (Å²) in [5.74, 6) is 1.31. The number of hydrogen-bond donors (Lipinski definition) is 2. The summed E-state index contributed by atoms with van der Waals surface area (Å²) in [5, 5.41) is 6.22. The first-order valence-corrected chi connectivity index (χ1v) is 8.41. The highest BCUT2D eigenvalue weighted by Crippen LogP contribution is 2.30. The maximum Gasteiger partial charge on any atom is 0.221 e. The molecule has 0 radical (unpaired) electrons. The number of nitrogens with one attached hydrogen (secondary N) is 2. The molecule has 1 aliphatic carbocycles. The summed E-state index contributed by atoms with van der Waals surface area (Å²) in [6.45, 7) is 2.43. The van der Waals surface area contributed by atoms with E-state index in [1.54, 1.807) is 0 Å². The summed E-state index contributed by atoms with van der Waals surface area (Å²) >= 11 is 0. The molecule has 1 aliphatic rings. The molecular weight excluding hydrogens is 248 g/mol. The average Bonchev–Trinajstić information content (AvgIpc) is 2.39. The van der Waals surface area contributed by atoms with Crippen molar-refractivity contribution in [3.05, 3.63) is 0 Å². The lowest BCUT2D eigenvalue weighted by atomic mass is 9.79. The molecule has 0 bridgehead atoms. The minimum absolute atomic E-state index is 0.00770. The highest BCUT2D eigenvalue weighted by Gasteiger charge is 2.32. The van der Waals surface area contributed by atoms with Crippen LogP contribution < -0.4 is 10.6 Å². The Morgan fingerprint density at radius 3 is 2.50 bits per heavy atom. The van der Waals surface area contributed by atoms with Crippen molar-refractivity contribution in [2.45, 2.75) is 51.0 Å². The minimum atomic E-state index is -0.793. The molecule has 0 aromatic carbocycles. The number of carbonyl (C=O) groups excluding carboxylic acids is 1. The van der Waals surface area contributed by atoms with Gasteiger partial charge in [-0.25, -0.2) is 0 Å². The zero-order chi connectivity index (χ0) is 13.4. The van der Waals surface area contributed by atoms with Crippen LogP contribution in [0.15, 0.2) is 0 Å². The molecule has 0 aliphatic heterocycles. The Hall–Kier alpha value is -0.420. The van der Waals surface area contributed by atoms with E-state index in [0.717, 1.165) is 12.8 Å². The summed E-state index contributed by atoms with van der Waals surface area (Å²) in [5.41, 5.74) is -0.00770. The first kappa shape index (κ1) is 15.6. The normalized spacial score (nSPS) is 20.3. The third-order valence-electron chi connectivity index (χ3n) is 3.81. The van der Waals surface area contributed by atoms with Gasteiger partial charge < -0.3 is 10.6 Å². The predicted molar refractivity (Wildman–Crippen MR) is 76.1 cm³/mol. The molecule has 1 rings (SSSR count). The van der Waals surface area contributed by atoms with Crippen LogP contribution >= 0.6 is 0 Å². The molecule has 1 saturated carbocycles. The number of hydrogen-bond acceptors (Lipinski definition) is 3. The van der Waals surface area contributed by atoms with Crippen molar-refractivity contribution in [2.75, 3.05) is 25.1 Å². The van der Waals surface area contributed by atoms with Gasteiger partial charge in [0.25, 0.3) is 0 Å². The Labute approximate surface area is 113 Å². The van der Waals surface area contributed by atoms with Gasteiger partial charge in [0.15, 0.2) is 0 Å². The summed E-state index contributed by atoms with van der Waals surface area (Å²) in [6.07, 6.45) is 6.39. The Morgan fingerprint density at radius 2 is 1.94 bits per heavy atom. The maximum absolute atomic E-state index is 11.9. The van der Waals surface area contributed by atoms with Gasteiger partial charge in [0.05, 0.1) is 0 Å². The first-order valence-electron chi connectivity index (χ1n) is 6.92. The molecule has 18 heavy (non-hydrogen) atoms. The van der Waals surface area contributed by atoms with E-state index in [1.165, 1.54) is 19.3 Å². The van der Waals surface area contributed by atoms with Gasteiger partial charge in [0.2, 0.25) is 5.91 Å². The van der Waals surface area contributed by atoms with Crippen molar-refractivity contribution >= 4 is 16.7 Å². The van der Waals surface area contributed by atoms with Crippen molar-refractivity contribution in [3.8, 4) is 0 Å². The van der Waals surface area contributed by atoms with Crippen molar-refractivity contribution < 1.29 is 9.00 Å². The third kappa shape index (κ3) is 5.06. The smallest absolute Gasteiger partial charge is 0.221 e. The van der Waals surface area contributed by atoms with E-state index < -0.39 is 10.8 Å². The molecule has 4 nitrogen and oxygen atoms in total. The second-order valence-corrected chi connectivity index (χ2v) is 6.92. The largest absolute Gasteiger partial charge is 0.355 e. The quantitative estimate of drug-likeness (QED) is 0.733. The molecular formula is C13H26N2O2S. The zero-order valence-corrected chi connectivity index (χ0v) is 12.4. The molecule has 1 fully saturated rings. The van der Waals surface area contributed by atoms with Crippen LogP contribution in [0.1, 0.15) is 45.4 Å². The monoisotopic (exact) mass is 274 g/mol. The van der Waals surface area contributed by atoms with Crippen molar-refractivity contribution in [1.82, 2.24) is 10.6 Å². The van der Waals surface area contributed by atoms with Gasteiger partial charge in [-0.2, -0.15) is 0 Å². The number of rotatable bonds is 7. The van der Waals surface area contributed by atoms with Crippen molar-refractivity contribution in [1.29, 1.82) is 0 Å². The second-order valence-electron chi connectivity index (χ2n) is 5.05. The minimum Gasteiger partial charge on any atom is -0.355 e. The van der Waals surface area contributed by atoms with E-state index in [9.17, 15) is 9.00 Å². The fourth-order valence-corrected chi connectivity index (χ4v) is 3.18. The van der Waals surface area contributed by atoms with Gasteiger partial charge in [-0.3, -0.25) is 9.00 Å². The molecule has 0 saturated heterocycles. The van der Waals surface area contributed by atoms with E-state index in [0.29, 0.717) is 24.5 Å². The van der Waals surface area contributed by atoms with Gasteiger partial charge in [0.1, 0.15) is 0 Å². The van der Waals surface area contributed by atoms with Gasteiger partial charge in [-0.05, 0) is 19.9 Å². The predicted octanol–water partition coefficient (Wildman–Crippen LogP) is 1.18. The van der Waals surface area contributed by atoms with E-state index in [1.807, 2.05) is 14.0 Å². The second kappa shape index (κ2) is 7.89. The van der Waals surface area contributed by atoms with Crippen LogP contribution in [0.3, 0.4) is 0 Å². The molecule has 2 N–H and O–H groups in total. The third-order valence-corrected chi connectivity index (χ3v) is 5.12.